The molecule has 5 heterocycles. The molecule has 0 saturated heterocycles. The van der Waals surface area contributed by atoms with Crippen molar-refractivity contribution in [3.8, 4) is 22.0 Å². The van der Waals surface area contributed by atoms with Crippen molar-refractivity contribution in [1.29, 1.82) is 0 Å². The number of nitrogen functional groups attached to an aromatic ring is 1. The molecule has 0 radical (unpaired) electrons. The Morgan fingerprint density at radius 1 is 1.11 bits per heavy atom. The average molecular weight is 414 g/mol. The van der Waals surface area contributed by atoms with E-state index in [1.54, 1.807) is 24.3 Å². The molecule has 0 aliphatic carbocycles. The Bertz CT molecular complexity index is 1380. The van der Waals surface area contributed by atoms with Gasteiger partial charge < -0.3 is 14.7 Å². The Morgan fingerprint density at radius 3 is 2.75 bits per heavy atom. The van der Waals surface area contributed by atoms with Gasteiger partial charge >= 0.3 is 0 Å². The third-order valence-electron chi connectivity index (χ3n) is 3.92. The van der Waals surface area contributed by atoms with Crippen molar-refractivity contribution in [1.82, 2.24) is 24.1 Å². The van der Waals surface area contributed by atoms with Crippen LogP contribution in [0.1, 0.15) is 0 Å². The van der Waals surface area contributed by atoms with Gasteiger partial charge in [0.25, 0.3) is 10.0 Å². The highest BCUT2D eigenvalue weighted by molar-refractivity contribution is 7.92. The summed E-state index contributed by atoms with van der Waals surface area (Å²) in [5.74, 6) is 0.316. The number of furan rings is 1. The first kappa shape index (κ1) is 16.6. The Labute approximate surface area is 161 Å². The molecule has 0 saturated carbocycles. The molecule has 0 spiro atoms. The van der Waals surface area contributed by atoms with E-state index in [-0.39, 0.29) is 21.3 Å². The summed E-state index contributed by atoms with van der Waals surface area (Å²) in [6.45, 7) is 0. The first-order chi connectivity index (χ1) is 13.5. The van der Waals surface area contributed by atoms with Crippen LogP contribution in [0.5, 0.6) is 0 Å². The Hall–Kier alpha value is -3.51. The number of anilines is 1. The van der Waals surface area contributed by atoms with Gasteiger partial charge in [-0.25, -0.2) is 13.9 Å². The van der Waals surface area contributed by atoms with E-state index in [9.17, 15) is 8.42 Å². The highest BCUT2D eigenvalue weighted by Gasteiger charge is 2.25. The number of imidazole rings is 1. The molecule has 0 aliphatic rings. The standard InChI is InChI=1S/C16H10N6O4S2/c17-16-19-13(10-2-1-6-25-10)14-15(20-16)22(8-18-14)28(23,24)12-4-3-11(27-12)9-5-7-26-21-9/h1-8H,(H2,17,19,20). The predicted octanol–water partition coefficient (Wildman–Crippen LogP) is 2.62. The molecule has 0 bridgehead atoms. The van der Waals surface area contributed by atoms with Crippen LogP contribution in [-0.4, -0.2) is 32.5 Å². The molecule has 5 aromatic heterocycles. The van der Waals surface area contributed by atoms with Crippen LogP contribution in [0.25, 0.3) is 33.2 Å². The zero-order valence-electron chi connectivity index (χ0n) is 13.9. The van der Waals surface area contributed by atoms with E-state index in [0.29, 0.717) is 22.0 Å². The summed E-state index contributed by atoms with van der Waals surface area (Å²) in [7, 11) is -3.96. The molecule has 5 rings (SSSR count). The summed E-state index contributed by atoms with van der Waals surface area (Å²) < 4.78 is 37.6. The van der Waals surface area contributed by atoms with Crippen molar-refractivity contribution in [2.24, 2.45) is 0 Å². The molecular weight excluding hydrogens is 404 g/mol. The van der Waals surface area contributed by atoms with Crippen molar-refractivity contribution in [2.45, 2.75) is 4.21 Å². The van der Waals surface area contributed by atoms with Gasteiger partial charge in [0.1, 0.15) is 33.7 Å². The largest absolute Gasteiger partial charge is 0.463 e. The predicted molar refractivity (Wildman–Crippen MR) is 99.8 cm³/mol. The van der Waals surface area contributed by atoms with Crippen LogP contribution >= 0.6 is 11.3 Å². The summed E-state index contributed by atoms with van der Waals surface area (Å²) >= 11 is 1.06. The number of fused-ring (bicyclic) bond motifs is 1. The first-order valence-corrected chi connectivity index (χ1v) is 10.1. The fraction of sp³-hybridized carbons (Fsp3) is 0. The van der Waals surface area contributed by atoms with Gasteiger partial charge in [0.15, 0.2) is 11.4 Å². The second-order valence-corrected chi connectivity index (χ2v) is 8.75. The van der Waals surface area contributed by atoms with E-state index >= 15 is 0 Å². The number of rotatable bonds is 4. The minimum absolute atomic E-state index is 0.0651. The number of thiophene rings is 1. The Morgan fingerprint density at radius 2 is 2.00 bits per heavy atom. The number of hydrogen-bond acceptors (Lipinski definition) is 10. The number of nitrogens with zero attached hydrogens (tertiary/aromatic N) is 5. The van der Waals surface area contributed by atoms with Crippen molar-refractivity contribution in [3.63, 3.8) is 0 Å². The summed E-state index contributed by atoms with van der Waals surface area (Å²) in [5, 5.41) is 3.82. The highest BCUT2D eigenvalue weighted by atomic mass is 32.2. The lowest BCUT2D eigenvalue weighted by atomic mass is 10.3. The normalized spacial score (nSPS) is 12.0. The van der Waals surface area contributed by atoms with Crippen molar-refractivity contribution in [2.75, 3.05) is 5.73 Å². The third-order valence-corrected chi connectivity index (χ3v) is 7.14. The van der Waals surface area contributed by atoms with Crippen molar-refractivity contribution >= 4 is 38.5 Å². The summed E-state index contributed by atoms with van der Waals surface area (Å²) in [6.07, 6.45) is 4.07. The summed E-state index contributed by atoms with van der Waals surface area (Å²) in [4.78, 5) is 13.1. The average Bonchev–Trinajstić information content (AvgIpc) is 3.48. The fourth-order valence-corrected chi connectivity index (χ4v) is 5.28. The molecule has 0 aromatic carbocycles. The zero-order valence-corrected chi connectivity index (χ0v) is 15.5. The van der Waals surface area contributed by atoms with Crippen molar-refractivity contribution < 1.29 is 17.4 Å². The van der Waals surface area contributed by atoms with Crippen LogP contribution in [0, 0.1) is 0 Å². The quantitative estimate of drug-likeness (QED) is 0.469. The van der Waals surface area contributed by atoms with E-state index in [1.807, 2.05) is 0 Å². The SMILES string of the molecule is Nc1nc(-c2ccco2)c2ncn(S(=O)(=O)c3ccc(-c4ccon4)s3)c2n1. The third kappa shape index (κ3) is 2.50. The lowest BCUT2D eigenvalue weighted by Crippen LogP contribution is -2.12. The number of nitrogens with two attached hydrogens (primary N) is 1. The van der Waals surface area contributed by atoms with Gasteiger partial charge in [-0.1, -0.05) is 5.16 Å². The van der Waals surface area contributed by atoms with Crippen molar-refractivity contribution in [3.05, 3.63) is 49.2 Å². The molecule has 2 N–H and O–H groups in total. The minimum atomic E-state index is -3.96. The fourth-order valence-electron chi connectivity index (χ4n) is 2.69. The molecule has 0 aliphatic heterocycles. The molecule has 0 atom stereocenters. The van der Waals surface area contributed by atoms with Crippen LogP contribution in [0.15, 0.2) is 62.3 Å². The molecule has 0 amide bonds. The molecule has 10 nitrogen and oxygen atoms in total. The molecule has 140 valence electrons. The molecule has 0 unspecified atom stereocenters. The van der Waals surface area contributed by atoms with Crippen LogP contribution in [0.4, 0.5) is 5.95 Å². The van der Waals surface area contributed by atoms with E-state index in [2.05, 4.69) is 20.1 Å². The Balaban J connectivity index is 1.67. The van der Waals surface area contributed by atoms with Gasteiger partial charge in [0, 0.05) is 6.07 Å². The van der Waals surface area contributed by atoms with E-state index < -0.39 is 10.0 Å². The monoisotopic (exact) mass is 414 g/mol. The van der Waals surface area contributed by atoms with Gasteiger partial charge in [-0.2, -0.15) is 13.4 Å². The molecule has 5 aromatic rings. The maximum absolute atomic E-state index is 13.2. The lowest BCUT2D eigenvalue weighted by molar-refractivity contribution is 0.422. The van der Waals surface area contributed by atoms with E-state index in [4.69, 9.17) is 14.7 Å². The van der Waals surface area contributed by atoms with Gasteiger partial charge in [-0.15, -0.1) is 11.3 Å². The van der Waals surface area contributed by atoms with Gasteiger partial charge in [-0.05, 0) is 24.3 Å². The van der Waals surface area contributed by atoms with Gasteiger partial charge in [-0.3, -0.25) is 0 Å². The number of hydrogen-bond donors (Lipinski definition) is 1. The second kappa shape index (κ2) is 6.00. The maximum Gasteiger partial charge on any atom is 0.280 e. The van der Waals surface area contributed by atoms with Crippen LogP contribution < -0.4 is 5.73 Å². The lowest BCUT2D eigenvalue weighted by Gasteiger charge is -2.05. The summed E-state index contributed by atoms with van der Waals surface area (Å²) in [5.41, 5.74) is 6.99. The second-order valence-electron chi connectivity index (χ2n) is 5.63. The maximum atomic E-state index is 13.2. The molecule has 28 heavy (non-hydrogen) atoms. The smallest absolute Gasteiger partial charge is 0.280 e. The van der Waals surface area contributed by atoms with Crippen LogP contribution in [-0.2, 0) is 10.0 Å². The Kier molecular flexibility index (Phi) is 3.57. The van der Waals surface area contributed by atoms with Crippen LogP contribution in [0.3, 0.4) is 0 Å². The zero-order chi connectivity index (χ0) is 19.3. The topological polar surface area (TPSA) is 143 Å². The highest BCUT2D eigenvalue weighted by Crippen LogP contribution is 2.33. The van der Waals surface area contributed by atoms with Gasteiger partial charge in [0.05, 0.1) is 11.1 Å². The van der Waals surface area contributed by atoms with E-state index in [0.717, 1.165) is 15.3 Å². The van der Waals surface area contributed by atoms with Gasteiger partial charge in [0.2, 0.25) is 5.95 Å². The number of aromatic nitrogens is 5. The first-order valence-electron chi connectivity index (χ1n) is 7.84. The molecular formula is C16H10N6O4S2. The minimum Gasteiger partial charge on any atom is -0.463 e. The molecule has 0 fully saturated rings. The van der Waals surface area contributed by atoms with Crippen LogP contribution in [0.2, 0.25) is 0 Å². The summed E-state index contributed by atoms with van der Waals surface area (Å²) in [6, 6.07) is 8.17. The van der Waals surface area contributed by atoms with E-state index in [1.165, 1.54) is 24.9 Å². The molecule has 12 heteroatoms.